The molecule has 0 aromatic heterocycles. The van der Waals surface area contributed by atoms with Crippen LogP contribution in [0.2, 0.25) is 0 Å². The second-order valence-electron chi connectivity index (χ2n) is 10.9. The number of benzene rings is 3. The second-order valence-corrected chi connectivity index (χ2v) is 13.0. The van der Waals surface area contributed by atoms with Crippen molar-refractivity contribution in [1.29, 1.82) is 0 Å². The summed E-state index contributed by atoms with van der Waals surface area (Å²) in [6.07, 6.45) is 2.03. The Morgan fingerprint density at radius 3 is 2.12 bits per heavy atom. The highest BCUT2D eigenvalue weighted by atomic mass is 32.2. The van der Waals surface area contributed by atoms with Gasteiger partial charge in [-0.25, -0.2) is 4.31 Å². The van der Waals surface area contributed by atoms with E-state index in [-0.39, 0.29) is 12.5 Å². The number of carbonyl (C=O) groups is 2. The van der Waals surface area contributed by atoms with E-state index in [1.54, 1.807) is 6.07 Å². The van der Waals surface area contributed by atoms with Gasteiger partial charge in [-0.3, -0.25) is 9.59 Å². The van der Waals surface area contributed by atoms with Crippen LogP contribution in [0.25, 0.3) is 0 Å². The molecule has 8 nitrogen and oxygen atoms in total. The fourth-order valence-corrected chi connectivity index (χ4v) is 5.75. The molecule has 1 atom stereocenters. The average Bonchev–Trinajstić information content (AvgIpc) is 2.96. The highest BCUT2D eigenvalue weighted by Gasteiger charge is 2.35. The third-order valence-electron chi connectivity index (χ3n) is 7.23. The van der Waals surface area contributed by atoms with E-state index in [1.165, 1.54) is 19.0 Å². The lowest BCUT2D eigenvalue weighted by Crippen LogP contribution is -2.54. The maximum absolute atomic E-state index is 14.4. The highest BCUT2D eigenvalue weighted by Crippen LogP contribution is 2.26. The van der Waals surface area contributed by atoms with Crippen molar-refractivity contribution in [2.24, 2.45) is 0 Å². The molecule has 0 radical (unpaired) electrons. The van der Waals surface area contributed by atoms with Crippen LogP contribution >= 0.6 is 0 Å². The molecule has 1 N–H and O–H groups in total. The molecule has 0 aliphatic rings. The Kier molecular flexibility index (Phi) is 11.7. The second kappa shape index (κ2) is 15.0. The van der Waals surface area contributed by atoms with Crippen LogP contribution in [0.4, 0.5) is 5.69 Å². The topological polar surface area (TPSA) is 90.0 Å². The molecule has 9 heteroatoms. The summed E-state index contributed by atoms with van der Waals surface area (Å²) in [5.41, 5.74) is 4.86. The fourth-order valence-electron chi connectivity index (χ4n) is 4.64. The van der Waals surface area contributed by atoms with Gasteiger partial charge in [0, 0.05) is 33.6 Å². The Hall–Kier alpha value is -3.69. The molecule has 3 aromatic carbocycles. The minimum Gasteiger partial charge on any atom is -0.354 e. The van der Waals surface area contributed by atoms with Gasteiger partial charge in [-0.15, -0.1) is 0 Å². The Balaban J connectivity index is 2.10. The van der Waals surface area contributed by atoms with E-state index in [2.05, 4.69) is 5.32 Å². The van der Waals surface area contributed by atoms with Crippen molar-refractivity contribution in [1.82, 2.24) is 14.5 Å². The van der Waals surface area contributed by atoms with Crippen molar-refractivity contribution < 1.29 is 18.0 Å². The lowest BCUT2D eigenvalue weighted by atomic mass is 10.0. The summed E-state index contributed by atoms with van der Waals surface area (Å²) in [7, 11) is -1.15. The lowest BCUT2D eigenvalue weighted by Gasteiger charge is -2.35. The first-order chi connectivity index (χ1) is 19.9. The fraction of sp³-hybridized carbons (Fsp3) is 0.394. The van der Waals surface area contributed by atoms with Gasteiger partial charge in [0.2, 0.25) is 11.8 Å². The molecule has 0 aliphatic carbocycles. The van der Waals surface area contributed by atoms with E-state index in [4.69, 9.17) is 0 Å². The van der Waals surface area contributed by atoms with Crippen molar-refractivity contribution in [3.05, 3.63) is 101 Å². The first-order valence-electron chi connectivity index (χ1n) is 14.4. The van der Waals surface area contributed by atoms with Gasteiger partial charge >= 0.3 is 10.2 Å². The van der Waals surface area contributed by atoms with E-state index in [1.807, 2.05) is 94.4 Å². The molecule has 0 saturated heterocycles. The molecule has 3 rings (SSSR count). The largest absolute Gasteiger partial charge is 0.354 e. The van der Waals surface area contributed by atoms with E-state index in [0.29, 0.717) is 18.7 Å². The normalized spacial score (nSPS) is 12.2. The Morgan fingerprint density at radius 1 is 0.857 bits per heavy atom. The molecule has 0 bridgehead atoms. The van der Waals surface area contributed by atoms with Gasteiger partial charge in [-0.2, -0.15) is 12.7 Å². The molecule has 3 aromatic rings. The van der Waals surface area contributed by atoms with Crippen LogP contribution in [0.5, 0.6) is 0 Å². The minimum atomic E-state index is -4.04. The molecule has 0 aliphatic heterocycles. The Morgan fingerprint density at radius 2 is 1.50 bits per heavy atom. The number of hydrogen-bond acceptors (Lipinski definition) is 4. The van der Waals surface area contributed by atoms with Crippen molar-refractivity contribution in [3.63, 3.8) is 0 Å². The number of carbonyl (C=O) groups excluding carboxylic acids is 2. The molecule has 0 saturated carbocycles. The van der Waals surface area contributed by atoms with Crippen molar-refractivity contribution >= 4 is 27.7 Å². The van der Waals surface area contributed by atoms with E-state index in [9.17, 15) is 18.0 Å². The van der Waals surface area contributed by atoms with Gasteiger partial charge in [0.1, 0.15) is 12.6 Å². The standard InChI is InChI=1S/C33H44N4O4S/c1-7-8-20-34-33(39)31(22-28-12-10-9-11-13-28)36(23-29-18-15-25(2)16-19-29)32(38)24-37(42(40,41)35(5)6)30-21-26(3)14-17-27(30)4/h9-19,21,31H,7-8,20,22-24H2,1-6H3,(H,34,39)/t31-/m1/s1. The van der Waals surface area contributed by atoms with Gasteiger partial charge in [0.05, 0.1) is 5.69 Å². The zero-order chi connectivity index (χ0) is 30.9. The summed E-state index contributed by atoms with van der Waals surface area (Å²) in [5.74, 6) is -0.727. The number of nitrogens with one attached hydrogen (secondary N) is 1. The zero-order valence-corrected chi connectivity index (χ0v) is 26.4. The van der Waals surface area contributed by atoms with Crippen LogP contribution in [0.3, 0.4) is 0 Å². The molecular weight excluding hydrogens is 548 g/mol. The molecular formula is C33H44N4O4S. The predicted octanol–water partition coefficient (Wildman–Crippen LogP) is 4.78. The smallest absolute Gasteiger partial charge is 0.304 e. The molecule has 0 unspecified atom stereocenters. The van der Waals surface area contributed by atoms with Crippen molar-refractivity contribution in [2.45, 2.75) is 59.5 Å². The quantitative estimate of drug-likeness (QED) is 0.273. The SMILES string of the molecule is CCCCNC(=O)[C@@H](Cc1ccccc1)N(Cc1ccc(C)cc1)C(=O)CN(c1cc(C)ccc1C)S(=O)(=O)N(C)C. The molecule has 42 heavy (non-hydrogen) atoms. The van der Waals surface area contributed by atoms with Gasteiger partial charge in [0.25, 0.3) is 0 Å². The molecule has 0 heterocycles. The first-order valence-corrected chi connectivity index (χ1v) is 15.8. The molecule has 226 valence electrons. The van der Waals surface area contributed by atoms with Crippen LogP contribution in [0.1, 0.15) is 47.6 Å². The number of amides is 2. The highest BCUT2D eigenvalue weighted by molar-refractivity contribution is 7.90. The molecule has 0 fully saturated rings. The van der Waals surface area contributed by atoms with Crippen molar-refractivity contribution in [3.8, 4) is 0 Å². The van der Waals surface area contributed by atoms with Crippen LogP contribution in [0.15, 0.2) is 72.8 Å². The maximum atomic E-state index is 14.4. The van der Waals surface area contributed by atoms with Crippen LogP contribution in [0, 0.1) is 20.8 Å². The number of unbranched alkanes of at least 4 members (excludes halogenated alkanes) is 1. The average molecular weight is 593 g/mol. The van der Waals surface area contributed by atoms with E-state index >= 15 is 0 Å². The summed E-state index contributed by atoms with van der Waals surface area (Å²) in [6, 6.07) is 22.0. The Labute approximate surface area is 251 Å². The van der Waals surface area contributed by atoms with Crippen molar-refractivity contribution in [2.75, 3.05) is 31.5 Å². The van der Waals surface area contributed by atoms with E-state index in [0.717, 1.165) is 49.3 Å². The number of anilines is 1. The van der Waals surface area contributed by atoms with Crippen LogP contribution in [-0.2, 0) is 32.8 Å². The maximum Gasteiger partial charge on any atom is 0.304 e. The number of aryl methyl sites for hydroxylation is 3. The van der Waals surface area contributed by atoms with Gasteiger partial charge in [0.15, 0.2) is 0 Å². The van der Waals surface area contributed by atoms with Gasteiger partial charge in [-0.1, -0.05) is 85.6 Å². The summed E-state index contributed by atoms with van der Waals surface area (Å²) in [5, 5.41) is 3.01. The monoisotopic (exact) mass is 592 g/mol. The molecule has 2 amide bonds. The summed E-state index contributed by atoms with van der Waals surface area (Å²) < 4.78 is 29.5. The Bertz CT molecular complexity index is 1440. The zero-order valence-electron chi connectivity index (χ0n) is 25.6. The first kappa shape index (κ1) is 32.8. The predicted molar refractivity (Wildman–Crippen MR) is 169 cm³/mol. The number of hydrogen-bond donors (Lipinski definition) is 1. The summed E-state index contributed by atoms with van der Waals surface area (Å²) in [4.78, 5) is 29.6. The third kappa shape index (κ3) is 8.66. The third-order valence-corrected chi connectivity index (χ3v) is 9.03. The molecule has 0 spiro atoms. The minimum absolute atomic E-state index is 0.153. The summed E-state index contributed by atoms with van der Waals surface area (Å²) in [6.45, 7) is 7.93. The summed E-state index contributed by atoms with van der Waals surface area (Å²) >= 11 is 0. The number of nitrogens with zero attached hydrogens (tertiary/aromatic N) is 3. The van der Waals surface area contributed by atoms with E-state index < -0.39 is 28.7 Å². The lowest BCUT2D eigenvalue weighted by molar-refractivity contribution is -0.140. The van der Waals surface area contributed by atoms with Crippen LogP contribution in [-0.4, -0.2) is 62.7 Å². The van der Waals surface area contributed by atoms with Gasteiger partial charge in [-0.05, 0) is 55.5 Å². The number of rotatable bonds is 14. The van der Waals surface area contributed by atoms with Crippen LogP contribution < -0.4 is 9.62 Å². The van der Waals surface area contributed by atoms with Gasteiger partial charge < -0.3 is 10.2 Å².